The molecule has 1 heterocycles. The van der Waals surface area contributed by atoms with Crippen LogP contribution in [0, 0.1) is 0 Å². The van der Waals surface area contributed by atoms with Crippen molar-refractivity contribution in [1.82, 2.24) is 0 Å². The second kappa shape index (κ2) is 2.66. The zero-order chi connectivity index (χ0) is 9.59. The number of fused-ring (bicyclic) bond motifs is 1. The third-order valence-corrected chi connectivity index (χ3v) is 3.22. The van der Waals surface area contributed by atoms with E-state index >= 15 is 0 Å². The molecule has 2 nitrogen and oxygen atoms in total. The van der Waals surface area contributed by atoms with Crippen molar-refractivity contribution in [3.05, 3.63) is 23.8 Å². The number of benzene rings is 1. The van der Waals surface area contributed by atoms with E-state index in [1.54, 1.807) is 6.07 Å². The first-order valence-corrected chi connectivity index (χ1v) is 4.67. The Balaban J connectivity index is 2.54. The molecule has 0 saturated carbocycles. The molecular weight excluding hydrogens is 162 g/mol. The molecule has 70 valence electrons. The van der Waals surface area contributed by atoms with Crippen LogP contribution in [0.1, 0.15) is 25.3 Å². The summed E-state index contributed by atoms with van der Waals surface area (Å²) in [6, 6.07) is 6.14. The fraction of sp³-hybridized carbons (Fsp3) is 0.455. The van der Waals surface area contributed by atoms with Crippen molar-refractivity contribution < 1.29 is 5.11 Å². The molecule has 1 N–H and O–H groups in total. The summed E-state index contributed by atoms with van der Waals surface area (Å²) < 4.78 is 0. The maximum absolute atomic E-state index is 9.37. The van der Waals surface area contributed by atoms with Crippen molar-refractivity contribution in [3.8, 4) is 5.75 Å². The van der Waals surface area contributed by atoms with Crippen molar-refractivity contribution in [1.29, 1.82) is 0 Å². The third-order valence-electron chi connectivity index (χ3n) is 3.22. The van der Waals surface area contributed by atoms with Crippen molar-refractivity contribution in [3.63, 3.8) is 0 Å². The summed E-state index contributed by atoms with van der Waals surface area (Å²) in [4.78, 5) is 2.26. The first kappa shape index (κ1) is 8.42. The maximum Gasteiger partial charge on any atom is 0.116 e. The molecule has 0 spiro atoms. The van der Waals surface area contributed by atoms with Gasteiger partial charge >= 0.3 is 0 Å². The molecule has 0 saturated heterocycles. The lowest BCUT2D eigenvalue weighted by Gasteiger charge is -2.20. The minimum atomic E-state index is 0.369. The minimum Gasteiger partial charge on any atom is -0.508 e. The molecule has 0 bridgehead atoms. The monoisotopic (exact) mass is 177 g/mol. The zero-order valence-electron chi connectivity index (χ0n) is 8.28. The topological polar surface area (TPSA) is 23.5 Å². The highest BCUT2D eigenvalue weighted by Gasteiger charge is 2.29. The van der Waals surface area contributed by atoms with Gasteiger partial charge in [0.15, 0.2) is 0 Å². The van der Waals surface area contributed by atoms with Gasteiger partial charge in [-0.05, 0) is 30.7 Å². The summed E-state index contributed by atoms with van der Waals surface area (Å²) in [6.07, 6.45) is 0. The van der Waals surface area contributed by atoms with E-state index in [1.165, 1.54) is 11.3 Å². The lowest BCUT2D eigenvalue weighted by molar-refractivity contribution is 0.474. The lowest BCUT2D eigenvalue weighted by Crippen LogP contribution is -2.25. The highest BCUT2D eigenvalue weighted by molar-refractivity contribution is 5.62. The number of anilines is 1. The molecule has 0 radical (unpaired) electrons. The van der Waals surface area contributed by atoms with Crippen LogP contribution in [0.15, 0.2) is 18.2 Å². The van der Waals surface area contributed by atoms with E-state index in [2.05, 4.69) is 25.8 Å². The molecular formula is C11H15NO. The molecule has 1 aromatic carbocycles. The van der Waals surface area contributed by atoms with Gasteiger partial charge in [0.25, 0.3) is 0 Å². The van der Waals surface area contributed by atoms with E-state index in [4.69, 9.17) is 0 Å². The lowest BCUT2D eigenvalue weighted by atomic mass is 9.98. The van der Waals surface area contributed by atoms with Crippen LogP contribution in [-0.4, -0.2) is 18.2 Å². The van der Waals surface area contributed by atoms with Crippen LogP contribution in [0.2, 0.25) is 0 Å². The molecule has 2 atom stereocenters. The predicted molar refractivity (Wildman–Crippen MR) is 54.4 cm³/mol. The molecule has 0 aromatic heterocycles. The number of phenolic OH excluding ortho intramolecular Hbond substituents is 1. The van der Waals surface area contributed by atoms with Crippen LogP contribution in [0.5, 0.6) is 5.75 Å². The molecule has 1 aliphatic rings. The van der Waals surface area contributed by atoms with Crippen molar-refractivity contribution in [2.24, 2.45) is 0 Å². The van der Waals surface area contributed by atoms with E-state index in [-0.39, 0.29) is 0 Å². The maximum atomic E-state index is 9.37. The van der Waals surface area contributed by atoms with Crippen molar-refractivity contribution >= 4 is 5.69 Å². The second-order valence-electron chi connectivity index (χ2n) is 3.88. The molecule has 2 heteroatoms. The van der Waals surface area contributed by atoms with Crippen molar-refractivity contribution in [2.75, 3.05) is 11.9 Å². The fourth-order valence-electron chi connectivity index (χ4n) is 2.04. The predicted octanol–water partition coefficient (Wildman–Crippen LogP) is 2.33. The van der Waals surface area contributed by atoms with E-state index in [1.807, 2.05) is 12.1 Å². The molecule has 1 aliphatic heterocycles. The molecule has 2 rings (SSSR count). The average molecular weight is 177 g/mol. The van der Waals surface area contributed by atoms with E-state index < -0.39 is 0 Å². The summed E-state index contributed by atoms with van der Waals surface area (Å²) >= 11 is 0. The summed E-state index contributed by atoms with van der Waals surface area (Å²) in [5.41, 5.74) is 2.51. The number of rotatable bonds is 0. The molecule has 2 unspecified atom stereocenters. The van der Waals surface area contributed by atoms with Gasteiger partial charge in [0.05, 0.1) is 0 Å². The van der Waals surface area contributed by atoms with Gasteiger partial charge in [0.1, 0.15) is 5.75 Å². The fourth-order valence-corrected chi connectivity index (χ4v) is 2.04. The first-order chi connectivity index (χ1) is 6.11. The molecule has 1 aromatic rings. The Labute approximate surface area is 78.8 Å². The Morgan fingerprint density at radius 1 is 1.31 bits per heavy atom. The van der Waals surface area contributed by atoms with E-state index in [0.29, 0.717) is 17.7 Å². The SMILES string of the molecule is CC1c2cc(O)ccc2N(C)C1C. The highest BCUT2D eigenvalue weighted by Crippen LogP contribution is 2.40. The van der Waals surface area contributed by atoms with Gasteiger partial charge in [-0.2, -0.15) is 0 Å². The first-order valence-electron chi connectivity index (χ1n) is 4.67. The van der Waals surface area contributed by atoms with Gasteiger partial charge in [-0.25, -0.2) is 0 Å². The van der Waals surface area contributed by atoms with Gasteiger partial charge in [-0.15, -0.1) is 0 Å². The van der Waals surface area contributed by atoms with Crippen LogP contribution in [0.4, 0.5) is 5.69 Å². The Bertz CT molecular complexity index is 335. The van der Waals surface area contributed by atoms with Gasteiger partial charge < -0.3 is 10.0 Å². The summed E-state index contributed by atoms with van der Waals surface area (Å²) in [7, 11) is 2.10. The van der Waals surface area contributed by atoms with Crippen molar-refractivity contribution in [2.45, 2.75) is 25.8 Å². The molecule has 13 heavy (non-hydrogen) atoms. The largest absolute Gasteiger partial charge is 0.508 e. The van der Waals surface area contributed by atoms with Gasteiger partial charge in [-0.1, -0.05) is 6.92 Å². The Morgan fingerprint density at radius 3 is 2.69 bits per heavy atom. The molecule has 0 amide bonds. The van der Waals surface area contributed by atoms with Crippen LogP contribution in [-0.2, 0) is 0 Å². The standard InChI is InChI=1S/C11H15NO/c1-7-8(2)12(3)11-5-4-9(13)6-10(7)11/h4-8,13H,1-3H3. The minimum absolute atomic E-state index is 0.369. The Kier molecular flexibility index (Phi) is 1.72. The number of hydrogen-bond donors (Lipinski definition) is 1. The average Bonchev–Trinajstić information content (AvgIpc) is 2.32. The highest BCUT2D eigenvalue weighted by atomic mass is 16.3. The van der Waals surface area contributed by atoms with E-state index in [0.717, 1.165) is 0 Å². The van der Waals surface area contributed by atoms with Gasteiger partial charge in [0, 0.05) is 24.7 Å². The van der Waals surface area contributed by atoms with Gasteiger partial charge in [0.2, 0.25) is 0 Å². The van der Waals surface area contributed by atoms with E-state index in [9.17, 15) is 5.11 Å². The van der Waals surface area contributed by atoms with Crippen LogP contribution >= 0.6 is 0 Å². The van der Waals surface area contributed by atoms with Crippen LogP contribution in [0.3, 0.4) is 0 Å². The Morgan fingerprint density at radius 2 is 2.00 bits per heavy atom. The van der Waals surface area contributed by atoms with Crippen LogP contribution < -0.4 is 4.90 Å². The summed E-state index contributed by atoms with van der Waals surface area (Å²) in [5.74, 6) is 0.875. The smallest absolute Gasteiger partial charge is 0.116 e. The normalized spacial score (nSPS) is 26.2. The number of nitrogens with zero attached hydrogens (tertiary/aromatic N) is 1. The quantitative estimate of drug-likeness (QED) is 0.657. The Hall–Kier alpha value is -1.18. The summed E-state index contributed by atoms with van der Waals surface area (Å²) in [6.45, 7) is 4.41. The summed E-state index contributed by atoms with van der Waals surface area (Å²) in [5, 5.41) is 9.37. The number of likely N-dealkylation sites (N-methyl/N-ethyl adjacent to an activating group) is 1. The molecule has 0 fully saturated rings. The number of phenols is 1. The third kappa shape index (κ3) is 1.09. The molecule has 0 aliphatic carbocycles. The second-order valence-corrected chi connectivity index (χ2v) is 3.88. The number of hydrogen-bond acceptors (Lipinski definition) is 2. The number of aromatic hydroxyl groups is 1. The van der Waals surface area contributed by atoms with Gasteiger partial charge in [-0.3, -0.25) is 0 Å². The van der Waals surface area contributed by atoms with Crippen LogP contribution in [0.25, 0.3) is 0 Å². The zero-order valence-corrected chi connectivity index (χ0v) is 8.28.